The predicted octanol–water partition coefficient (Wildman–Crippen LogP) is 2.76. The van der Waals surface area contributed by atoms with E-state index in [1.807, 2.05) is 0 Å². The second kappa shape index (κ2) is 3.65. The van der Waals surface area contributed by atoms with Gasteiger partial charge < -0.3 is 5.11 Å². The van der Waals surface area contributed by atoms with Crippen LogP contribution in [0.15, 0.2) is 17.0 Å². The smallest absolute Gasteiger partial charge is 0.170 e. The Morgan fingerprint density at radius 1 is 1.58 bits per heavy atom. The Balaban J connectivity index is 3.14. The summed E-state index contributed by atoms with van der Waals surface area (Å²) in [7, 11) is 0. The van der Waals surface area contributed by atoms with Gasteiger partial charge >= 0.3 is 0 Å². The average Bonchev–Trinajstić information content (AvgIpc) is 2.01. The van der Waals surface area contributed by atoms with Crippen molar-refractivity contribution in [2.75, 3.05) is 0 Å². The zero-order chi connectivity index (χ0) is 9.14. The number of nitrogens with zero attached hydrogens (tertiary/aromatic N) is 1. The van der Waals surface area contributed by atoms with Gasteiger partial charge in [-0.25, -0.2) is 4.39 Å². The number of phenolic OH excluding ortho intramolecular Hbond substituents is 1. The van der Waals surface area contributed by atoms with Crippen LogP contribution in [0.3, 0.4) is 0 Å². The van der Waals surface area contributed by atoms with E-state index in [1.165, 1.54) is 6.07 Å². The molecule has 1 aromatic rings. The van der Waals surface area contributed by atoms with E-state index in [0.29, 0.717) is 4.90 Å². The first-order valence-corrected chi connectivity index (χ1v) is 4.08. The molecule has 0 spiro atoms. The number of thioether (sulfide) groups is 1. The topological polar surface area (TPSA) is 44.0 Å². The van der Waals surface area contributed by atoms with Crippen molar-refractivity contribution in [2.45, 2.75) is 4.90 Å². The highest BCUT2D eigenvalue weighted by Crippen LogP contribution is 2.31. The first-order valence-electron chi connectivity index (χ1n) is 2.89. The molecule has 0 fully saturated rings. The van der Waals surface area contributed by atoms with Crippen LogP contribution in [0.1, 0.15) is 0 Å². The molecule has 0 atom stereocenters. The van der Waals surface area contributed by atoms with E-state index in [4.69, 9.17) is 22.0 Å². The quantitative estimate of drug-likeness (QED) is 0.564. The molecule has 0 amide bonds. The summed E-state index contributed by atoms with van der Waals surface area (Å²) in [5.74, 6) is -1.40. The maximum atomic E-state index is 12.7. The highest BCUT2D eigenvalue weighted by atomic mass is 35.5. The zero-order valence-electron chi connectivity index (χ0n) is 5.71. The van der Waals surface area contributed by atoms with Crippen LogP contribution in [0, 0.1) is 16.5 Å². The number of benzene rings is 1. The van der Waals surface area contributed by atoms with Crippen LogP contribution >= 0.6 is 23.4 Å². The zero-order valence-corrected chi connectivity index (χ0v) is 7.29. The van der Waals surface area contributed by atoms with Crippen LogP contribution in [-0.2, 0) is 0 Å². The first-order chi connectivity index (χ1) is 5.65. The van der Waals surface area contributed by atoms with E-state index in [0.717, 1.165) is 17.8 Å². The molecule has 0 aliphatic rings. The fourth-order valence-corrected chi connectivity index (χ4v) is 1.37. The molecule has 1 N–H and O–H groups in total. The molecule has 0 saturated heterocycles. The third-order valence-electron chi connectivity index (χ3n) is 1.15. The maximum absolute atomic E-state index is 12.7. The fourth-order valence-electron chi connectivity index (χ4n) is 0.654. The van der Waals surface area contributed by atoms with Crippen LogP contribution in [-0.4, -0.2) is 5.11 Å². The second-order valence-corrected chi connectivity index (χ2v) is 3.19. The van der Waals surface area contributed by atoms with Gasteiger partial charge in [-0.3, -0.25) is 0 Å². The molecule has 0 radical (unpaired) electrons. The molecule has 0 aliphatic heterocycles. The van der Waals surface area contributed by atoms with E-state index in [2.05, 4.69) is 0 Å². The molecule has 5 heteroatoms. The van der Waals surface area contributed by atoms with Gasteiger partial charge in [0.1, 0.15) is 5.40 Å². The van der Waals surface area contributed by atoms with Crippen molar-refractivity contribution in [3.63, 3.8) is 0 Å². The maximum Gasteiger partial charge on any atom is 0.170 e. The van der Waals surface area contributed by atoms with E-state index >= 15 is 0 Å². The fraction of sp³-hybridized carbons (Fsp3) is 0. The normalized spacial score (nSPS) is 9.42. The van der Waals surface area contributed by atoms with Crippen molar-refractivity contribution < 1.29 is 9.50 Å². The van der Waals surface area contributed by atoms with Gasteiger partial charge in [0, 0.05) is 4.90 Å². The lowest BCUT2D eigenvalue weighted by Crippen LogP contribution is -1.79. The van der Waals surface area contributed by atoms with Crippen LogP contribution in [0.25, 0.3) is 0 Å². The molecule has 0 aromatic heterocycles. The average molecular weight is 204 g/mol. The number of aromatic hydroxyl groups is 1. The summed E-state index contributed by atoms with van der Waals surface area (Å²) in [5, 5.41) is 18.8. The van der Waals surface area contributed by atoms with Gasteiger partial charge in [0.05, 0.1) is 5.02 Å². The highest BCUT2D eigenvalue weighted by molar-refractivity contribution is 8.03. The minimum atomic E-state index is -0.819. The lowest BCUT2D eigenvalue weighted by molar-refractivity contribution is 0.431. The van der Waals surface area contributed by atoms with Gasteiger partial charge in [-0.15, -0.1) is 0 Å². The van der Waals surface area contributed by atoms with Crippen LogP contribution in [0.2, 0.25) is 5.02 Å². The monoisotopic (exact) mass is 203 g/mol. The molecule has 0 unspecified atom stereocenters. The number of nitriles is 1. The van der Waals surface area contributed by atoms with E-state index in [-0.39, 0.29) is 5.02 Å². The number of rotatable bonds is 1. The first kappa shape index (κ1) is 9.17. The van der Waals surface area contributed by atoms with Gasteiger partial charge in [-0.2, -0.15) is 5.26 Å². The van der Waals surface area contributed by atoms with Gasteiger partial charge in [0.25, 0.3) is 0 Å². The summed E-state index contributed by atoms with van der Waals surface area (Å²) < 4.78 is 12.7. The Kier molecular flexibility index (Phi) is 2.79. The minimum absolute atomic E-state index is 0.0900. The van der Waals surface area contributed by atoms with Crippen molar-refractivity contribution in [1.29, 1.82) is 5.26 Å². The molecule has 12 heavy (non-hydrogen) atoms. The Bertz CT molecular complexity index is 327. The Morgan fingerprint density at radius 2 is 2.25 bits per heavy atom. The highest BCUT2D eigenvalue weighted by Gasteiger charge is 2.07. The Morgan fingerprint density at radius 3 is 2.75 bits per heavy atom. The molecule has 62 valence electrons. The lowest BCUT2D eigenvalue weighted by atomic mass is 10.3. The molecule has 0 saturated carbocycles. The summed E-state index contributed by atoms with van der Waals surface area (Å²) in [6.07, 6.45) is 0. The molecule has 2 nitrogen and oxygen atoms in total. The van der Waals surface area contributed by atoms with Crippen molar-refractivity contribution in [3.8, 4) is 11.2 Å². The number of phenols is 1. The van der Waals surface area contributed by atoms with Crippen LogP contribution in [0.4, 0.5) is 4.39 Å². The van der Waals surface area contributed by atoms with Gasteiger partial charge in [0.2, 0.25) is 0 Å². The van der Waals surface area contributed by atoms with Gasteiger partial charge in [-0.1, -0.05) is 11.6 Å². The largest absolute Gasteiger partial charge is 0.504 e. The van der Waals surface area contributed by atoms with E-state index < -0.39 is 11.6 Å². The molecular formula is C7H3ClFNOS. The summed E-state index contributed by atoms with van der Waals surface area (Å²) in [4.78, 5) is 0.373. The van der Waals surface area contributed by atoms with Crippen molar-refractivity contribution in [2.24, 2.45) is 0 Å². The number of thiocyanates is 1. The van der Waals surface area contributed by atoms with Crippen molar-refractivity contribution in [1.82, 2.24) is 0 Å². The number of halogens is 2. The third-order valence-corrected chi connectivity index (χ3v) is 2.00. The Hall–Kier alpha value is -0.920. The van der Waals surface area contributed by atoms with Crippen LogP contribution < -0.4 is 0 Å². The Labute approximate surface area is 77.6 Å². The van der Waals surface area contributed by atoms with Gasteiger partial charge in [-0.05, 0) is 23.9 Å². The lowest BCUT2D eigenvalue weighted by Gasteiger charge is -1.99. The standard InChI is InChI=1S/C7H3ClFNOS/c8-5-1-4(12-3-10)2-6(9)7(5)11/h1-2,11H. The predicted molar refractivity (Wildman–Crippen MR) is 44.5 cm³/mol. The molecule has 0 heterocycles. The van der Waals surface area contributed by atoms with E-state index in [9.17, 15) is 4.39 Å². The molecule has 1 rings (SSSR count). The van der Waals surface area contributed by atoms with Crippen molar-refractivity contribution >= 4 is 23.4 Å². The minimum Gasteiger partial charge on any atom is -0.504 e. The summed E-state index contributed by atoms with van der Waals surface area (Å²) >= 11 is 6.22. The molecule has 0 aliphatic carbocycles. The second-order valence-electron chi connectivity index (χ2n) is 1.93. The number of hydrogen-bond donors (Lipinski definition) is 1. The molecular weight excluding hydrogens is 201 g/mol. The summed E-state index contributed by atoms with van der Waals surface area (Å²) in [5.41, 5.74) is 0. The van der Waals surface area contributed by atoms with E-state index in [1.54, 1.807) is 5.40 Å². The van der Waals surface area contributed by atoms with Gasteiger partial charge in [0.15, 0.2) is 11.6 Å². The number of hydrogen-bond acceptors (Lipinski definition) is 3. The van der Waals surface area contributed by atoms with Crippen molar-refractivity contribution in [3.05, 3.63) is 23.0 Å². The summed E-state index contributed by atoms with van der Waals surface area (Å²) in [6.45, 7) is 0. The summed E-state index contributed by atoms with van der Waals surface area (Å²) in [6, 6.07) is 2.38. The third kappa shape index (κ3) is 1.81. The van der Waals surface area contributed by atoms with Crippen LogP contribution in [0.5, 0.6) is 5.75 Å². The molecule has 0 bridgehead atoms. The molecule has 1 aromatic carbocycles. The SMILES string of the molecule is N#CSc1cc(F)c(O)c(Cl)c1.